The molecular weight excluding hydrogens is 340 g/mol. The van der Waals surface area contributed by atoms with Crippen LogP contribution in [0.3, 0.4) is 0 Å². The Bertz CT molecular complexity index is 870. The first-order valence-corrected chi connectivity index (χ1v) is 8.23. The largest absolute Gasteiger partial charge is 0.333 e. The SMILES string of the molecule is Cc1ccc(N2C[C@H](NC(=O)Nc3cc(F)ccc3F)CC2=O)cc1C. The molecule has 5 nitrogen and oxygen atoms in total. The van der Waals surface area contributed by atoms with E-state index in [1.54, 1.807) is 4.90 Å². The van der Waals surface area contributed by atoms with E-state index in [-0.39, 0.29) is 18.0 Å². The van der Waals surface area contributed by atoms with Gasteiger partial charge in [-0.2, -0.15) is 0 Å². The van der Waals surface area contributed by atoms with E-state index in [0.717, 1.165) is 35.0 Å². The van der Waals surface area contributed by atoms with E-state index in [4.69, 9.17) is 0 Å². The van der Waals surface area contributed by atoms with Gasteiger partial charge in [-0.05, 0) is 49.2 Å². The predicted octanol–water partition coefficient (Wildman–Crippen LogP) is 3.51. The summed E-state index contributed by atoms with van der Waals surface area (Å²) in [6.45, 7) is 4.28. The van der Waals surface area contributed by atoms with E-state index in [0.29, 0.717) is 6.54 Å². The summed E-state index contributed by atoms with van der Waals surface area (Å²) >= 11 is 0. The minimum absolute atomic E-state index is 0.101. The van der Waals surface area contributed by atoms with Crippen LogP contribution in [0, 0.1) is 25.5 Å². The molecule has 2 aromatic rings. The quantitative estimate of drug-likeness (QED) is 0.881. The number of nitrogens with zero attached hydrogens (tertiary/aromatic N) is 1. The first kappa shape index (κ1) is 17.8. The number of aryl methyl sites for hydroxylation is 2. The molecular formula is C19H19F2N3O2. The Morgan fingerprint density at radius 3 is 2.62 bits per heavy atom. The first-order chi connectivity index (χ1) is 12.3. The first-order valence-electron chi connectivity index (χ1n) is 8.23. The lowest BCUT2D eigenvalue weighted by molar-refractivity contribution is -0.117. The Hall–Kier alpha value is -2.96. The fourth-order valence-electron chi connectivity index (χ4n) is 2.88. The number of anilines is 2. The number of benzene rings is 2. The molecule has 0 aliphatic carbocycles. The predicted molar refractivity (Wildman–Crippen MR) is 95.2 cm³/mol. The molecule has 0 radical (unpaired) electrons. The van der Waals surface area contributed by atoms with Crippen molar-refractivity contribution in [3.05, 3.63) is 59.2 Å². The van der Waals surface area contributed by atoms with Gasteiger partial charge in [0.2, 0.25) is 5.91 Å². The van der Waals surface area contributed by atoms with E-state index < -0.39 is 23.7 Å². The summed E-state index contributed by atoms with van der Waals surface area (Å²) in [7, 11) is 0. The summed E-state index contributed by atoms with van der Waals surface area (Å²) in [5.41, 5.74) is 2.73. The Labute approximate surface area is 150 Å². The van der Waals surface area contributed by atoms with Crippen LogP contribution in [0.15, 0.2) is 36.4 Å². The molecule has 7 heteroatoms. The van der Waals surface area contributed by atoms with Crippen molar-refractivity contribution in [2.45, 2.75) is 26.3 Å². The third-order valence-electron chi connectivity index (χ3n) is 4.44. The van der Waals surface area contributed by atoms with Crippen molar-refractivity contribution in [1.29, 1.82) is 0 Å². The Balaban J connectivity index is 1.64. The van der Waals surface area contributed by atoms with E-state index in [2.05, 4.69) is 10.6 Å². The highest BCUT2D eigenvalue weighted by atomic mass is 19.1. The van der Waals surface area contributed by atoms with E-state index in [1.807, 2.05) is 32.0 Å². The highest BCUT2D eigenvalue weighted by Crippen LogP contribution is 2.24. The molecule has 1 aliphatic rings. The highest BCUT2D eigenvalue weighted by molar-refractivity contribution is 5.97. The highest BCUT2D eigenvalue weighted by Gasteiger charge is 2.31. The Kier molecular flexibility index (Phi) is 4.88. The summed E-state index contributed by atoms with van der Waals surface area (Å²) in [6.07, 6.45) is 0.145. The van der Waals surface area contributed by atoms with Crippen molar-refractivity contribution in [2.24, 2.45) is 0 Å². The zero-order valence-electron chi connectivity index (χ0n) is 14.5. The Morgan fingerprint density at radius 2 is 1.88 bits per heavy atom. The lowest BCUT2D eigenvalue weighted by Crippen LogP contribution is -2.39. The molecule has 2 aromatic carbocycles. The smallest absolute Gasteiger partial charge is 0.319 e. The fraction of sp³-hybridized carbons (Fsp3) is 0.263. The van der Waals surface area contributed by atoms with Crippen LogP contribution >= 0.6 is 0 Å². The third kappa shape index (κ3) is 3.82. The van der Waals surface area contributed by atoms with Crippen molar-refractivity contribution < 1.29 is 18.4 Å². The second-order valence-corrected chi connectivity index (χ2v) is 6.40. The monoisotopic (exact) mass is 359 g/mol. The molecule has 136 valence electrons. The average molecular weight is 359 g/mol. The second kappa shape index (κ2) is 7.11. The molecule has 1 fully saturated rings. The molecule has 2 N–H and O–H groups in total. The van der Waals surface area contributed by atoms with Gasteiger partial charge in [-0.3, -0.25) is 4.79 Å². The van der Waals surface area contributed by atoms with Gasteiger partial charge >= 0.3 is 6.03 Å². The lowest BCUT2D eigenvalue weighted by atomic mass is 10.1. The summed E-state index contributed by atoms with van der Waals surface area (Å²) in [5.74, 6) is -1.49. The molecule has 1 saturated heterocycles. The normalized spacial score (nSPS) is 16.7. The topological polar surface area (TPSA) is 61.4 Å². The van der Waals surface area contributed by atoms with Crippen LogP contribution in [0.5, 0.6) is 0 Å². The van der Waals surface area contributed by atoms with Crippen molar-refractivity contribution in [1.82, 2.24) is 5.32 Å². The zero-order chi connectivity index (χ0) is 18.8. The van der Waals surface area contributed by atoms with Crippen LogP contribution in [-0.4, -0.2) is 24.5 Å². The van der Waals surface area contributed by atoms with Crippen molar-refractivity contribution in [3.8, 4) is 0 Å². The minimum atomic E-state index is -0.735. The zero-order valence-corrected chi connectivity index (χ0v) is 14.5. The molecule has 0 bridgehead atoms. The van der Waals surface area contributed by atoms with Gasteiger partial charge in [0.05, 0.1) is 11.7 Å². The molecule has 3 amide bonds. The number of halogens is 2. The summed E-state index contributed by atoms with van der Waals surface area (Å²) in [4.78, 5) is 25.9. The molecule has 3 rings (SSSR count). The van der Waals surface area contributed by atoms with Crippen LogP contribution in [-0.2, 0) is 4.79 Å². The van der Waals surface area contributed by atoms with Crippen LogP contribution in [0.1, 0.15) is 17.5 Å². The van der Waals surface area contributed by atoms with Crippen molar-refractivity contribution in [3.63, 3.8) is 0 Å². The average Bonchev–Trinajstić information content (AvgIpc) is 2.93. The number of hydrogen-bond acceptors (Lipinski definition) is 2. The van der Waals surface area contributed by atoms with Gasteiger partial charge in [0.25, 0.3) is 0 Å². The molecule has 0 saturated carbocycles. The third-order valence-corrected chi connectivity index (χ3v) is 4.44. The van der Waals surface area contributed by atoms with Gasteiger partial charge in [0, 0.05) is 24.7 Å². The van der Waals surface area contributed by atoms with Crippen LogP contribution < -0.4 is 15.5 Å². The van der Waals surface area contributed by atoms with Gasteiger partial charge in [0.1, 0.15) is 11.6 Å². The van der Waals surface area contributed by atoms with E-state index in [1.165, 1.54) is 0 Å². The van der Waals surface area contributed by atoms with Crippen LogP contribution in [0.4, 0.5) is 25.0 Å². The summed E-state index contributed by atoms with van der Waals surface area (Å²) in [5, 5.41) is 4.90. The fourth-order valence-corrected chi connectivity index (χ4v) is 2.88. The molecule has 0 aromatic heterocycles. The molecule has 26 heavy (non-hydrogen) atoms. The maximum atomic E-state index is 13.6. The van der Waals surface area contributed by atoms with Crippen molar-refractivity contribution in [2.75, 3.05) is 16.8 Å². The molecule has 0 spiro atoms. The van der Waals surface area contributed by atoms with Gasteiger partial charge in [-0.1, -0.05) is 6.07 Å². The van der Waals surface area contributed by atoms with Gasteiger partial charge in [-0.15, -0.1) is 0 Å². The molecule has 0 unspecified atom stereocenters. The summed E-state index contributed by atoms with van der Waals surface area (Å²) < 4.78 is 26.8. The molecule has 1 aliphatic heterocycles. The number of urea groups is 1. The number of nitrogens with one attached hydrogen (secondary N) is 2. The van der Waals surface area contributed by atoms with E-state index >= 15 is 0 Å². The number of carbonyl (C=O) groups excluding carboxylic acids is 2. The summed E-state index contributed by atoms with van der Waals surface area (Å²) in [6, 6.07) is 7.44. The van der Waals surface area contributed by atoms with Gasteiger partial charge in [-0.25, -0.2) is 13.6 Å². The van der Waals surface area contributed by atoms with Gasteiger partial charge < -0.3 is 15.5 Å². The number of amides is 3. The van der Waals surface area contributed by atoms with E-state index in [9.17, 15) is 18.4 Å². The number of rotatable bonds is 3. The molecule has 1 heterocycles. The minimum Gasteiger partial charge on any atom is -0.333 e. The standard InChI is InChI=1S/C19H19F2N3O2/c1-11-3-5-15(7-12(11)2)24-10-14(9-18(24)25)22-19(26)23-17-8-13(20)4-6-16(17)21/h3-8,14H,9-10H2,1-2H3,(H2,22,23,26)/t14-/m1/s1. The second-order valence-electron chi connectivity index (χ2n) is 6.40. The lowest BCUT2D eigenvalue weighted by Gasteiger charge is -2.18. The molecule has 1 atom stereocenters. The number of carbonyl (C=O) groups is 2. The van der Waals surface area contributed by atoms with Crippen LogP contribution in [0.25, 0.3) is 0 Å². The Morgan fingerprint density at radius 1 is 1.12 bits per heavy atom. The maximum absolute atomic E-state index is 13.6. The number of hydrogen-bond donors (Lipinski definition) is 2. The maximum Gasteiger partial charge on any atom is 0.319 e. The van der Waals surface area contributed by atoms with Crippen LogP contribution in [0.2, 0.25) is 0 Å². The van der Waals surface area contributed by atoms with Gasteiger partial charge in [0.15, 0.2) is 0 Å². The van der Waals surface area contributed by atoms with Crippen molar-refractivity contribution >= 4 is 23.3 Å².